The Bertz CT molecular complexity index is 840. The van der Waals surface area contributed by atoms with Crippen LogP contribution >= 0.6 is 11.8 Å². The van der Waals surface area contributed by atoms with Gasteiger partial charge in [-0.25, -0.2) is 4.79 Å². The normalized spacial score (nSPS) is 22.5. The number of nitrogens with zero attached hydrogens (tertiary/aromatic N) is 2. The fraction of sp³-hybridized carbons (Fsp3) is 0.375. The van der Waals surface area contributed by atoms with Crippen LogP contribution in [0.1, 0.15) is 24.5 Å². The fourth-order valence-electron chi connectivity index (χ4n) is 4.11. The van der Waals surface area contributed by atoms with E-state index in [1.165, 1.54) is 16.0 Å². The van der Waals surface area contributed by atoms with Crippen LogP contribution in [0, 0.1) is 0 Å². The van der Waals surface area contributed by atoms with E-state index in [4.69, 9.17) is 4.74 Å². The quantitative estimate of drug-likeness (QED) is 0.459. The Hall–Kier alpha value is -2.24. The van der Waals surface area contributed by atoms with Crippen molar-refractivity contribution >= 4 is 17.8 Å². The first-order valence-electron chi connectivity index (χ1n) is 10.3. The highest BCUT2D eigenvalue weighted by Crippen LogP contribution is 2.43. The van der Waals surface area contributed by atoms with Gasteiger partial charge in [0.15, 0.2) is 0 Å². The van der Waals surface area contributed by atoms with Crippen molar-refractivity contribution in [3.8, 4) is 0 Å². The summed E-state index contributed by atoms with van der Waals surface area (Å²) >= 11 is 1.89. The molecule has 2 aliphatic heterocycles. The van der Waals surface area contributed by atoms with Gasteiger partial charge in [0.2, 0.25) is 0 Å². The molecule has 152 valence electrons. The lowest BCUT2D eigenvalue weighted by atomic mass is 10.1. The second-order valence-corrected chi connectivity index (χ2v) is 8.52. The molecule has 0 spiro atoms. The number of rotatable bonds is 8. The molecule has 0 aromatic heterocycles. The number of fused-ring (bicyclic) bond motifs is 1. The maximum absolute atomic E-state index is 13.4. The number of carbonyl (C=O) groups is 1. The zero-order valence-corrected chi connectivity index (χ0v) is 17.7. The minimum Gasteiger partial charge on any atom is -0.381 e. The van der Waals surface area contributed by atoms with Gasteiger partial charge in [0, 0.05) is 30.4 Å². The molecule has 4 rings (SSSR count). The molecule has 0 saturated carbocycles. The van der Waals surface area contributed by atoms with E-state index >= 15 is 0 Å². The highest BCUT2D eigenvalue weighted by atomic mass is 32.2. The molecule has 2 saturated heterocycles. The Morgan fingerprint density at radius 2 is 1.62 bits per heavy atom. The molecule has 2 aromatic rings. The van der Waals surface area contributed by atoms with Gasteiger partial charge >= 0.3 is 6.03 Å². The maximum Gasteiger partial charge on any atom is 0.321 e. The van der Waals surface area contributed by atoms with E-state index in [0.717, 1.165) is 25.4 Å². The number of carbonyl (C=O) groups excluding carboxylic acids is 1. The first-order chi connectivity index (χ1) is 14.3. The predicted octanol–water partition coefficient (Wildman–Crippen LogP) is 4.92. The first kappa shape index (κ1) is 20.0. The van der Waals surface area contributed by atoms with Crippen molar-refractivity contribution in [2.75, 3.05) is 19.0 Å². The van der Waals surface area contributed by atoms with Crippen molar-refractivity contribution in [2.24, 2.45) is 0 Å². The minimum absolute atomic E-state index is 0.137. The van der Waals surface area contributed by atoms with Crippen LogP contribution in [-0.4, -0.2) is 46.9 Å². The fourth-order valence-corrected chi connectivity index (χ4v) is 5.53. The van der Waals surface area contributed by atoms with Crippen LogP contribution in [0.3, 0.4) is 0 Å². The van der Waals surface area contributed by atoms with Gasteiger partial charge in [0.1, 0.15) is 0 Å². The van der Waals surface area contributed by atoms with E-state index in [9.17, 15) is 4.79 Å². The van der Waals surface area contributed by atoms with Gasteiger partial charge in [-0.3, -0.25) is 0 Å². The van der Waals surface area contributed by atoms with Crippen LogP contribution < -0.4 is 0 Å². The smallest absolute Gasteiger partial charge is 0.321 e. The Morgan fingerprint density at radius 1 is 1.00 bits per heavy atom. The summed E-state index contributed by atoms with van der Waals surface area (Å²) in [5, 5.41) is 0. The summed E-state index contributed by atoms with van der Waals surface area (Å²) in [6.07, 6.45) is 3.17. The molecule has 0 N–H and O–H groups in total. The molecule has 2 aromatic carbocycles. The van der Waals surface area contributed by atoms with Crippen LogP contribution in [0.25, 0.3) is 0 Å². The van der Waals surface area contributed by atoms with Gasteiger partial charge in [0.05, 0.1) is 18.7 Å². The second kappa shape index (κ2) is 9.51. The Labute approximate surface area is 177 Å². The van der Waals surface area contributed by atoms with E-state index in [-0.39, 0.29) is 18.1 Å². The average molecular weight is 409 g/mol. The molecule has 0 unspecified atom stereocenters. The number of hydrogen-bond acceptors (Lipinski definition) is 3. The average Bonchev–Trinajstić information content (AvgIpc) is 3.27. The zero-order valence-electron chi connectivity index (χ0n) is 16.9. The van der Waals surface area contributed by atoms with Crippen molar-refractivity contribution in [1.82, 2.24) is 9.80 Å². The Kier molecular flexibility index (Phi) is 6.57. The molecule has 29 heavy (non-hydrogen) atoms. The molecule has 2 heterocycles. The largest absolute Gasteiger partial charge is 0.381 e. The highest BCUT2D eigenvalue weighted by molar-refractivity contribution is 8.03. The van der Waals surface area contributed by atoms with Crippen molar-refractivity contribution in [2.45, 2.75) is 38.5 Å². The maximum atomic E-state index is 13.4. The predicted molar refractivity (Wildman–Crippen MR) is 119 cm³/mol. The molecule has 0 aliphatic carbocycles. The first-order valence-corrected chi connectivity index (χ1v) is 11.3. The third-order valence-electron chi connectivity index (χ3n) is 5.51. The summed E-state index contributed by atoms with van der Waals surface area (Å²) < 4.78 is 5.50. The van der Waals surface area contributed by atoms with Crippen molar-refractivity contribution in [1.29, 1.82) is 0 Å². The molecule has 2 fully saturated rings. The third kappa shape index (κ3) is 4.51. The Morgan fingerprint density at radius 3 is 2.24 bits per heavy atom. The highest BCUT2D eigenvalue weighted by Gasteiger charge is 2.50. The van der Waals surface area contributed by atoms with Gasteiger partial charge in [-0.2, -0.15) is 0 Å². The summed E-state index contributed by atoms with van der Waals surface area (Å²) in [4.78, 5) is 18.9. The number of benzene rings is 2. The van der Waals surface area contributed by atoms with E-state index in [2.05, 4.69) is 40.1 Å². The van der Waals surface area contributed by atoms with Crippen LogP contribution in [0.5, 0.6) is 0 Å². The van der Waals surface area contributed by atoms with Gasteiger partial charge in [-0.1, -0.05) is 66.7 Å². The molecule has 0 radical (unpaired) electrons. The molecule has 2 aliphatic rings. The lowest BCUT2D eigenvalue weighted by Gasteiger charge is -2.23. The molecular formula is C24H28N2O2S. The number of amides is 2. The van der Waals surface area contributed by atoms with Gasteiger partial charge < -0.3 is 14.5 Å². The molecule has 5 heteroatoms. The Balaban J connectivity index is 1.57. The van der Waals surface area contributed by atoms with Crippen LogP contribution in [-0.2, 0) is 17.8 Å². The standard InChI is InChI=1S/C24H28N2O2S/c1-2-28-15-9-14-22-23-21(18-29-22)25(16-19-10-5-3-6-11-19)24(27)26(23)17-20-12-7-4-8-13-20/h3-8,10-14,21,23H,2,9,15-18H2,1H3/b22-14-/t21-,23-/m0/s1. The number of thioether (sulfide) groups is 1. The number of urea groups is 1. The summed E-state index contributed by atoms with van der Waals surface area (Å²) in [6, 6.07) is 21.1. The lowest BCUT2D eigenvalue weighted by Crippen LogP contribution is -2.35. The van der Waals surface area contributed by atoms with E-state index in [0.29, 0.717) is 13.1 Å². The summed E-state index contributed by atoms with van der Waals surface area (Å²) in [7, 11) is 0. The van der Waals surface area contributed by atoms with Crippen LogP contribution in [0.15, 0.2) is 71.6 Å². The van der Waals surface area contributed by atoms with E-state index < -0.39 is 0 Å². The van der Waals surface area contributed by atoms with E-state index in [1.54, 1.807) is 0 Å². The lowest BCUT2D eigenvalue weighted by molar-refractivity contribution is 0.152. The molecule has 2 atom stereocenters. The molecule has 0 bridgehead atoms. The number of hydrogen-bond donors (Lipinski definition) is 0. The van der Waals surface area contributed by atoms with Gasteiger partial charge in [-0.05, 0) is 24.5 Å². The molecule has 2 amide bonds. The molecular weight excluding hydrogens is 380 g/mol. The minimum atomic E-state index is 0.137. The van der Waals surface area contributed by atoms with Gasteiger partial charge in [-0.15, -0.1) is 11.8 Å². The third-order valence-corrected chi connectivity index (χ3v) is 6.76. The second-order valence-electron chi connectivity index (χ2n) is 7.42. The summed E-state index contributed by atoms with van der Waals surface area (Å²) in [5.74, 6) is 0.953. The van der Waals surface area contributed by atoms with Gasteiger partial charge in [0.25, 0.3) is 0 Å². The SMILES string of the molecule is CCOCC/C=C1\SC[C@H]2[C@@H]1N(Cc1ccccc1)C(=O)N2Cc1ccccc1. The van der Waals surface area contributed by atoms with Crippen molar-refractivity contribution in [3.63, 3.8) is 0 Å². The van der Waals surface area contributed by atoms with E-state index in [1.807, 2.05) is 55.1 Å². The topological polar surface area (TPSA) is 32.8 Å². The monoisotopic (exact) mass is 408 g/mol. The summed E-state index contributed by atoms with van der Waals surface area (Å²) in [6.45, 7) is 4.81. The number of ether oxygens (including phenoxy) is 1. The molecule has 4 nitrogen and oxygen atoms in total. The van der Waals surface area contributed by atoms with Crippen molar-refractivity contribution in [3.05, 3.63) is 82.8 Å². The van der Waals surface area contributed by atoms with Crippen molar-refractivity contribution < 1.29 is 9.53 Å². The summed E-state index contributed by atoms with van der Waals surface area (Å²) in [5.41, 5.74) is 2.35. The zero-order chi connectivity index (χ0) is 20.1. The van der Waals surface area contributed by atoms with Crippen LogP contribution in [0.4, 0.5) is 4.79 Å². The van der Waals surface area contributed by atoms with Crippen LogP contribution in [0.2, 0.25) is 0 Å².